The molecule has 7 heteroatoms. The smallest absolute Gasteiger partial charge is 0.332 e. The molecule has 0 aliphatic carbocycles. The number of alkyl halides is 3. The molecule has 116 valence electrons. The largest absolute Gasteiger partial charge is 0.418 e. The summed E-state index contributed by atoms with van der Waals surface area (Å²) < 4.78 is 39.7. The van der Waals surface area contributed by atoms with Crippen molar-refractivity contribution in [1.29, 1.82) is 0 Å². The van der Waals surface area contributed by atoms with Crippen LogP contribution in [0.2, 0.25) is 0 Å². The standard InChI is InChI=1S/C15H12BrF3N2S/c1-9-8-10(16)6-7-12(9)20-14(22)21-13-5-3-2-4-11(13)15(17,18)19/h2-8H,1H3,(H2,20,21,22). The molecule has 2 aromatic rings. The normalized spacial score (nSPS) is 11.1. The van der Waals surface area contributed by atoms with Gasteiger partial charge in [-0.3, -0.25) is 0 Å². The first-order valence-electron chi connectivity index (χ1n) is 6.28. The molecule has 0 bridgehead atoms. The summed E-state index contributed by atoms with van der Waals surface area (Å²) >= 11 is 8.44. The van der Waals surface area contributed by atoms with Crippen LogP contribution in [0, 0.1) is 6.92 Å². The Morgan fingerprint density at radius 3 is 2.32 bits per heavy atom. The van der Waals surface area contributed by atoms with E-state index < -0.39 is 11.7 Å². The van der Waals surface area contributed by atoms with Crippen molar-refractivity contribution in [3.63, 3.8) is 0 Å². The predicted octanol–water partition coefficient (Wildman–Crippen LogP) is 5.59. The maximum Gasteiger partial charge on any atom is 0.418 e. The minimum Gasteiger partial charge on any atom is -0.332 e. The van der Waals surface area contributed by atoms with E-state index in [1.54, 1.807) is 6.07 Å². The molecule has 2 rings (SSSR count). The van der Waals surface area contributed by atoms with E-state index >= 15 is 0 Å². The number of benzene rings is 2. The van der Waals surface area contributed by atoms with Crippen molar-refractivity contribution in [1.82, 2.24) is 0 Å². The Morgan fingerprint density at radius 2 is 1.68 bits per heavy atom. The first-order chi connectivity index (χ1) is 10.3. The number of aryl methyl sites for hydroxylation is 1. The van der Waals surface area contributed by atoms with Gasteiger partial charge in [-0.2, -0.15) is 13.2 Å². The fraction of sp³-hybridized carbons (Fsp3) is 0.133. The highest BCUT2D eigenvalue weighted by atomic mass is 79.9. The van der Waals surface area contributed by atoms with E-state index in [1.165, 1.54) is 18.2 Å². The Labute approximate surface area is 139 Å². The molecular weight excluding hydrogens is 377 g/mol. The lowest BCUT2D eigenvalue weighted by molar-refractivity contribution is -0.136. The number of hydrogen-bond donors (Lipinski definition) is 2. The van der Waals surface area contributed by atoms with Gasteiger partial charge in [0.25, 0.3) is 0 Å². The molecule has 2 nitrogen and oxygen atoms in total. The fourth-order valence-corrected chi connectivity index (χ4v) is 2.58. The van der Waals surface area contributed by atoms with Gasteiger partial charge in [-0.15, -0.1) is 0 Å². The minimum atomic E-state index is -4.44. The molecule has 0 aliphatic heterocycles. The lowest BCUT2D eigenvalue weighted by atomic mass is 10.1. The highest BCUT2D eigenvalue weighted by Gasteiger charge is 2.33. The maximum atomic E-state index is 12.9. The van der Waals surface area contributed by atoms with Gasteiger partial charge < -0.3 is 10.6 Å². The van der Waals surface area contributed by atoms with Crippen molar-refractivity contribution >= 4 is 44.6 Å². The number of halogens is 4. The third-order valence-corrected chi connectivity index (χ3v) is 3.61. The first kappa shape index (κ1) is 16.8. The zero-order valence-electron chi connectivity index (χ0n) is 11.5. The molecule has 0 radical (unpaired) electrons. The van der Waals surface area contributed by atoms with Crippen molar-refractivity contribution in [3.05, 3.63) is 58.1 Å². The topological polar surface area (TPSA) is 24.1 Å². The third-order valence-electron chi connectivity index (χ3n) is 2.92. The van der Waals surface area contributed by atoms with Gasteiger partial charge in [0.15, 0.2) is 5.11 Å². The van der Waals surface area contributed by atoms with Gasteiger partial charge in [-0.25, -0.2) is 0 Å². The monoisotopic (exact) mass is 388 g/mol. The van der Waals surface area contributed by atoms with Crippen molar-refractivity contribution in [2.24, 2.45) is 0 Å². The van der Waals surface area contributed by atoms with E-state index in [9.17, 15) is 13.2 Å². The van der Waals surface area contributed by atoms with E-state index in [1.807, 2.05) is 19.1 Å². The van der Waals surface area contributed by atoms with Crippen LogP contribution in [0.3, 0.4) is 0 Å². The summed E-state index contributed by atoms with van der Waals surface area (Å²) in [4.78, 5) is 0. The van der Waals surface area contributed by atoms with Crippen LogP contribution in [0.25, 0.3) is 0 Å². The highest BCUT2D eigenvalue weighted by Crippen LogP contribution is 2.34. The van der Waals surface area contributed by atoms with Gasteiger partial charge in [0, 0.05) is 10.2 Å². The van der Waals surface area contributed by atoms with E-state index in [4.69, 9.17) is 12.2 Å². The number of anilines is 2. The van der Waals surface area contributed by atoms with Crippen LogP contribution >= 0.6 is 28.1 Å². The van der Waals surface area contributed by atoms with Gasteiger partial charge in [0.05, 0.1) is 11.3 Å². The summed E-state index contributed by atoms with van der Waals surface area (Å²) in [6.07, 6.45) is -4.44. The van der Waals surface area contributed by atoms with Gasteiger partial charge in [0.1, 0.15) is 0 Å². The number of thiocarbonyl (C=S) groups is 1. The van der Waals surface area contributed by atoms with Crippen LogP contribution in [-0.4, -0.2) is 5.11 Å². The Hall–Kier alpha value is -1.60. The van der Waals surface area contributed by atoms with E-state index in [0.717, 1.165) is 21.8 Å². The number of nitrogens with one attached hydrogen (secondary N) is 2. The summed E-state index contributed by atoms with van der Waals surface area (Å²) in [5.74, 6) is 0. The highest BCUT2D eigenvalue weighted by molar-refractivity contribution is 9.10. The molecule has 2 aromatic carbocycles. The zero-order chi connectivity index (χ0) is 16.3. The van der Waals surface area contributed by atoms with E-state index in [0.29, 0.717) is 0 Å². The second-order valence-electron chi connectivity index (χ2n) is 4.58. The summed E-state index contributed by atoms with van der Waals surface area (Å²) in [7, 11) is 0. The van der Waals surface area contributed by atoms with Gasteiger partial charge >= 0.3 is 6.18 Å². The molecular formula is C15H12BrF3N2S. The van der Waals surface area contributed by atoms with Crippen LogP contribution in [0.15, 0.2) is 46.9 Å². The quantitative estimate of drug-likeness (QED) is 0.656. The molecule has 2 N–H and O–H groups in total. The number of rotatable bonds is 2. The average Bonchev–Trinajstić information content (AvgIpc) is 2.41. The van der Waals surface area contributed by atoms with E-state index in [2.05, 4.69) is 26.6 Å². The van der Waals surface area contributed by atoms with Crippen LogP contribution < -0.4 is 10.6 Å². The summed E-state index contributed by atoms with van der Waals surface area (Å²) in [6.45, 7) is 1.87. The molecule has 0 saturated heterocycles. The summed E-state index contributed by atoms with van der Waals surface area (Å²) in [6, 6.07) is 10.7. The molecule has 0 aromatic heterocycles. The molecule has 0 amide bonds. The predicted molar refractivity (Wildman–Crippen MR) is 90.2 cm³/mol. The van der Waals surface area contributed by atoms with Gasteiger partial charge in [-0.1, -0.05) is 28.1 Å². The fourth-order valence-electron chi connectivity index (χ4n) is 1.88. The third kappa shape index (κ3) is 4.20. The SMILES string of the molecule is Cc1cc(Br)ccc1NC(=S)Nc1ccccc1C(F)(F)F. The zero-order valence-corrected chi connectivity index (χ0v) is 13.9. The second kappa shape index (κ2) is 6.66. The second-order valence-corrected chi connectivity index (χ2v) is 5.91. The molecule has 0 unspecified atom stereocenters. The molecule has 22 heavy (non-hydrogen) atoms. The Kier molecular flexibility index (Phi) is 5.08. The summed E-state index contributed by atoms with van der Waals surface area (Å²) in [5, 5.41) is 5.59. The van der Waals surface area contributed by atoms with Crippen molar-refractivity contribution in [3.8, 4) is 0 Å². The molecule has 0 aliphatic rings. The molecule has 0 atom stereocenters. The average molecular weight is 389 g/mol. The van der Waals surface area contributed by atoms with Crippen LogP contribution in [0.5, 0.6) is 0 Å². The molecule has 0 heterocycles. The van der Waals surface area contributed by atoms with Crippen LogP contribution in [-0.2, 0) is 6.18 Å². The van der Waals surface area contributed by atoms with Crippen molar-refractivity contribution in [2.75, 3.05) is 10.6 Å². The van der Waals surface area contributed by atoms with Crippen LogP contribution in [0.4, 0.5) is 24.5 Å². The number of para-hydroxylation sites is 1. The van der Waals surface area contributed by atoms with E-state index in [-0.39, 0.29) is 10.8 Å². The maximum absolute atomic E-state index is 12.9. The van der Waals surface area contributed by atoms with Crippen molar-refractivity contribution < 1.29 is 13.2 Å². The summed E-state index contributed by atoms with van der Waals surface area (Å²) in [5.41, 5.74) is 0.807. The Bertz CT molecular complexity index is 701. The number of hydrogen-bond acceptors (Lipinski definition) is 1. The van der Waals surface area contributed by atoms with Crippen molar-refractivity contribution in [2.45, 2.75) is 13.1 Å². The molecule has 0 saturated carbocycles. The minimum absolute atomic E-state index is 0.0812. The lowest BCUT2D eigenvalue weighted by Crippen LogP contribution is -2.22. The van der Waals surface area contributed by atoms with Crippen LogP contribution in [0.1, 0.15) is 11.1 Å². The first-order valence-corrected chi connectivity index (χ1v) is 7.48. The lowest BCUT2D eigenvalue weighted by Gasteiger charge is -2.16. The Morgan fingerprint density at radius 1 is 1.05 bits per heavy atom. The Balaban J connectivity index is 2.16. The molecule has 0 spiro atoms. The van der Waals surface area contributed by atoms with Gasteiger partial charge in [-0.05, 0) is 55.0 Å². The molecule has 0 fully saturated rings. The van der Waals surface area contributed by atoms with Gasteiger partial charge in [0.2, 0.25) is 0 Å².